The number of hydrogen-bond donors (Lipinski definition) is 0. The number of rotatable bonds is 3. The van der Waals surface area contributed by atoms with E-state index in [-0.39, 0.29) is 6.04 Å². The monoisotopic (exact) mass is 230 g/mol. The number of nitrogens with zero attached hydrogens (tertiary/aromatic N) is 2. The van der Waals surface area contributed by atoms with Gasteiger partial charge in [-0.2, -0.15) is 9.57 Å². The van der Waals surface area contributed by atoms with Crippen molar-refractivity contribution in [2.24, 2.45) is 0 Å². The lowest BCUT2D eigenvalue weighted by Crippen LogP contribution is -2.46. The van der Waals surface area contributed by atoms with Crippen LogP contribution in [0, 0.1) is 11.3 Å². The minimum absolute atomic E-state index is 0.0968. The molecule has 0 spiro atoms. The highest BCUT2D eigenvalue weighted by Crippen LogP contribution is 2.24. The summed E-state index contributed by atoms with van der Waals surface area (Å²) in [5, 5.41) is 7.78. The second-order valence-corrected chi connectivity index (χ2v) is 6.19. The van der Waals surface area contributed by atoms with Crippen LogP contribution in [0.3, 0.4) is 0 Å². The summed E-state index contributed by atoms with van der Waals surface area (Å²) in [4.78, 5) is 0. The van der Waals surface area contributed by atoms with Gasteiger partial charge in [-0.3, -0.25) is 0 Å². The smallest absolute Gasteiger partial charge is 0.211 e. The van der Waals surface area contributed by atoms with E-state index in [1.165, 1.54) is 11.2 Å². The van der Waals surface area contributed by atoms with Crippen LogP contribution in [0.2, 0.25) is 0 Å². The molecule has 0 aromatic carbocycles. The van der Waals surface area contributed by atoms with Gasteiger partial charge in [0.2, 0.25) is 10.0 Å². The molecule has 2 unspecified atom stereocenters. The summed E-state index contributed by atoms with van der Waals surface area (Å²) < 4.78 is 25.5. The number of nitriles is 1. The molecule has 1 heterocycles. The minimum atomic E-state index is -3.40. The lowest BCUT2D eigenvalue weighted by atomic mass is 10.0. The van der Waals surface area contributed by atoms with Crippen LogP contribution in [0.25, 0.3) is 0 Å². The van der Waals surface area contributed by atoms with Crippen LogP contribution in [-0.4, -0.2) is 30.6 Å². The third-order valence-corrected chi connectivity index (χ3v) is 5.13. The molecular formula is C10H18N2O2S. The lowest BCUT2D eigenvalue weighted by Gasteiger charge is -2.34. The molecule has 15 heavy (non-hydrogen) atoms. The van der Waals surface area contributed by atoms with Crippen LogP contribution >= 0.6 is 0 Å². The normalized spacial score (nSPS) is 25.8. The number of piperidine rings is 1. The Morgan fingerprint density at radius 2 is 2.20 bits per heavy atom. The van der Waals surface area contributed by atoms with E-state index in [4.69, 9.17) is 5.26 Å². The molecule has 0 amide bonds. The molecule has 86 valence electrons. The maximum absolute atomic E-state index is 12.0. The minimum Gasteiger partial charge on any atom is -0.211 e. The van der Waals surface area contributed by atoms with Crippen molar-refractivity contribution in [1.29, 1.82) is 5.26 Å². The fourth-order valence-corrected chi connectivity index (χ4v) is 3.58. The molecule has 1 rings (SSSR count). The van der Waals surface area contributed by atoms with Gasteiger partial charge < -0.3 is 0 Å². The van der Waals surface area contributed by atoms with Gasteiger partial charge in [0.1, 0.15) is 0 Å². The van der Waals surface area contributed by atoms with E-state index in [0.717, 1.165) is 25.7 Å². The third kappa shape index (κ3) is 2.50. The maximum Gasteiger partial charge on any atom is 0.230 e. The molecule has 1 fully saturated rings. The van der Waals surface area contributed by atoms with Gasteiger partial charge in [-0.25, -0.2) is 8.42 Å². The molecule has 0 bridgehead atoms. The van der Waals surface area contributed by atoms with Crippen LogP contribution < -0.4 is 0 Å². The Kier molecular flexibility index (Phi) is 4.12. The van der Waals surface area contributed by atoms with E-state index in [2.05, 4.69) is 0 Å². The van der Waals surface area contributed by atoms with Gasteiger partial charge in [-0.05, 0) is 26.2 Å². The van der Waals surface area contributed by atoms with E-state index in [1.54, 1.807) is 0 Å². The van der Waals surface area contributed by atoms with Crippen molar-refractivity contribution < 1.29 is 8.42 Å². The fraction of sp³-hybridized carbons (Fsp3) is 0.900. The molecule has 1 aliphatic rings. The molecule has 4 nitrogen and oxygen atoms in total. The van der Waals surface area contributed by atoms with E-state index in [9.17, 15) is 8.42 Å². The van der Waals surface area contributed by atoms with Gasteiger partial charge in [0.25, 0.3) is 0 Å². The van der Waals surface area contributed by atoms with Gasteiger partial charge in [0.15, 0.2) is 5.25 Å². The average Bonchev–Trinajstić information content (AvgIpc) is 2.27. The van der Waals surface area contributed by atoms with Crippen molar-refractivity contribution in [2.45, 2.75) is 50.8 Å². The fourth-order valence-electron chi connectivity index (χ4n) is 1.99. The lowest BCUT2D eigenvalue weighted by molar-refractivity contribution is 0.246. The molecule has 1 saturated heterocycles. The van der Waals surface area contributed by atoms with Crippen molar-refractivity contribution in [3.05, 3.63) is 0 Å². The molecule has 0 radical (unpaired) electrons. The number of hydrogen-bond acceptors (Lipinski definition) is 3. The van der Waals surface area contributed by atoms with Crippen LogP contribution in [-0.2, 0) is 10.0 Å². The zero-order chi connectivity index (χ0) is 11.5. The Morgan fingerprint density at radius 1 is 1.53 bits per heavy atom. The highest BCUT2D eigenvalue weighted by atomic mass is 32.2. The van der Waals surface area contributed by atoms with E-state index in [0.29, 0.717) is 6.54 Å². The standard InChI is InChI=1S/C10H18N2O2S/c1-3-10-6-4-5-7-12(10)15(13,14)9(2)8-11/h9-10H,3-7H2,1-2H3. The van der Waals surface area contributed by atoms with Crippen molar-refractivity contribution in [3.8, 4) is 6.07 Å². The van der Waals surface area contributed by atoms with Crippen LogP contribution in [0.4, 0.5) is 0 Å². The SMILES string of the molecule is CCC1CCCCN1S(=O)(=O)C(C)C#N. The van der Waals surface area contributed by atoms with Crippen molar-refractivity contribution in [2.75, 3.05) is 6.54 Å². The Hall–Kier alpha value is -0.600. The summed E-state index contributed by atoms with van der Waals surface area (Å²) in [7, 11) is -3.40. The van der Waals surface area contributed by atoms with Crippen LogP contribution in [0.15, 0.2) is 0 Å². The molecule has 0 saturated carbocycles. The quantitative estimate of drug-likeness (QED) is 0.738. The third-order valence-electron chi connectivity index (χ3n) is 3.00. The first-order valence-electron chi connectivity index (χ1n) is 5.44. The van der Waals surface area contributed by atoms with Crippen molar-refractivity contribution in [1.82, 2.24) is 4.31 Å². The van der Waals surface area contributed by atoms with Gasteiger partial charge in [0.05, 0.1) is 6.07 Å². The number of sulfonamides is 1. The van der Waals surface area contributed by atoms with Gasteiger partial charge in [-0.1, -0.05) is 13.3 Å². The molecule has 5 heteroatoms. The molecule has 0 N–H and O–H groups in total. The van der Waals surface area contributed by atoms with Crippen LogP contribution in [0.1, 0.15) is 39.5 Å². The zero-order valence-electron chi connectivity index (χ0n) is 9.31. The largest absolute Gasteiger partial charge is 0.230 e. The van der Waals surface area contributed by atoms with Gasteiger partial charge in [0, 0.05) is 12.6 Å². The van der Waals surface area contributed by atoms with Gasteiger partial charge >= 0.3 is 0 Å². The van der Waals surface area contributed by atoms with Crippen LogP contribution in [0.5, 0.6) is 0 Å². The summed E-state index contributed by atoms with van der Waals surface area (Å²) in [5.41, 5.74) is 0. The summed E-state index contributed by atoms with van der Waals surface area (Å²) in [6, 6.07) is 1.91. The summed E-state index contributed by atoms with van der Waals surface area (Å²) in [5.74, 6) is 0. The van der Waals surface area contributed by atoms with E-state index in [1.807, 2.05) is 13.0 Å². The zero-order valence-corrected chi connectivity index (χ0v) is 10.1. The van der Waals surface area contributed by atoms with Crippen molar-refractivity contribution >= 4 is 10.0 Å². The Morgan fingerprint density at radius 3 is 2.73 bits per heavy atom. The first-order valence-corrected chi connectivity index (χ1v) is 6.94. The highest BCUT2D eigenvalue weighted by Gasteiger charge is 2.34. The van der Waals surface area contributed by atoms with Gasteiger partial charge in [-0.15, -0.1) is 0 Å². The molecule has 0 aliphatic carbocycles. The average molecular weight is 230 g/mol. The Balaban J connectivity index is 2.90. The second kappa shape index (κ2) is 4.95. The molecule has 0 aromatic heterocycles. The maximum atomic E-state index is 12.0. The van der Waals surface area contributed by atoms with E-state index >= 15 is 0 Å². The summed E-state index contributed by atoms with van der Waals surface area (Å²) in [6.07, 6.45) is 3.75. The van der Waals surface area contributed by atoms with E-state index < -0.39 is 15.3 Å². The first kappa shape index (κ1) is 12.5. The second-order valence-electron chi connectivity index (χ2n) is 3.98. The topological polar surface area (TPSA) is 61.2 Å². The molecular weight excluding hydrogens is 212 g/mol. The summed E-state index contributed by atoms with van der Waals surface area (Å²) in [6.45, 7) is 4.03. The first-order chi connectivity index (χ1) is 7.04. The predicted octanol–water partition coefficient (Wildman–Crippen LogP) is 1.49. The van der Waals surface area contributed by atoms with Crippen molar-refractivity contribution in [3.63, 3.8) is 0 Å². The predicted molar refractivity (Wildman–Crippen MR) is 58.6 cm³/mol. The highest BCUT2D eigenvalue weighted by molar-refractivity contribution is 7.90. The Bertz CT molecular complexity index is 345. The molecule has 0 aromatic rings. The molecule has 2 atom stereocenters. The Labute approximate surface area is 91.9 Å². The summed E-state index contributed by atoms with van der Waals surface area (Å²) >= 11 is 0. The molecule has 1 aliphatic heterocycles.